The summed E-state index contributed by atoms with van der Waals surface area (Å²) in [5.74, 6) is 0.525. The summed E-state index contributed by atoms with van der Waals surface area (Å²) in [4.78, 5) is 16.0. The maximum atomic E-state index is 11.8. The predicted molar refractivity (Wildman–Crippen MR) is 76.7 cm³/mol. The molecule has 19 heavy (non-hydrogen) atoms. The summed E-state index contributed by atoms with van der Waals surface area (Å²) in [6, 6.07) is -0.191. The quantitative estimate of drug-likeness (QED) is 0.750. The number of hydrogen-bond donors (Lipinski definition) is 2. The number of imidazole rings is 1. The normalized spacial score (nSPS) is 12.7. The highest BCUT2D eigenvalue weighted by Crippen LogP contribution is 2.01. The zero-order valence-electron chi connectivity index (χ0n) is 12.4. The molecular formula is C14H26N4O. The lowest BCUT2D eigenvalue weighted by atomic mass is 10.2. The average Bonchev–Trinajstić information content (AvgIpc) is 2.81. The minimum absolute atomic E-state index is 0.0512. The van der Waals surface area contributed by atoms with Crippen molar-refractivity contribution in [1.82, 2.24) is 20.2 Å². The second kappa shape index (κ2) is 7.94. The Morgan fingerprint density at radius 3 is 2.79 bits per heavy atom. The Balaban J connectivity index is 2.38. The maximum absolute atomic E-state index is 11.8. The van der Waals surface area contributed by atoms with Gasteiger partial charge in [0.2, 0.25) is 5.91 Å². The van der Waals surface area contributed by atoms with E-state index in [4.69, 9.17) is 0 Å². The van der Waals surface area contributed by atoms with Crippen LogP contribution < -0.4 is 10.6 Å². The molecule has 0 saturated heterocycles. The topological polar surface area (TPSA) is 59.0 Å². The van der Waals surface area contributed by atoms with Crippen molar-refractivity contribution >= 4 is 5.91 Å². The zero-order valence-corrected chi connectivity index (χ0v) is 12.4. The van der Waals surface area contributed by atoms with Gasteiger partial charge in [-0.15, -0.1) is 0 Å². The van der Waals surface area contributed by atoms with E-state index in [9.17, 15) is 4.79 Å². The number of rotatable bonds is 8. The molecule has 0 fully saturated rings. The molecule has 1 heterocycles. The number of amides is 1. The molecule has 0 bridgehead atoms. The van der Waals surface area contributed by atoms with E-state index in [2.05, 4.69) is 41.0 Å². The van der Waals surface area contributed by atoms with Crippen LogP contribution in [0.25, 0.3) is 0 Å². The SMILES string of the molecule is CCCn1cncc1CNC(C)C(=O)NCC(C)C. The highest BCUT2D eigenvalue weighted by atomic mass is 16.2. The van der Waals surface area contributed by atoms with Gasteiger partial charge in [0.1, 0.15) is 0 Å². The minimum atomic E-state index is -0.191. The Labute approximate surface area is 115 Å². The fraction of sp³-hybridized carbons (Fsp3) is 0.714. The van der Waals surface area contributed by atoms with Gasteiger partial charge in [0.15, 0.2) is 0 Å². The Bertz CT molecular complexity index is 387. The van der Waals surface area contributed by atoms with Crippen molar-refractivity contribution in [3.63, 3.8) is 0 Å². The second-order valence-corrected chi connectivity index (χ2v) is 5.32. The molecule has 1 atom stereocenters. The smallest absolute Gasteiger partial charge is 0.236 e. The fourth-order valence-corrected chi connectivity index (χ4v) is 1.75. The lowest BCUT2D eigenvalue weighted by Gasteiger charge is -2.15. The van der Waals surface area contributed by atoms with Crippen LogP contribution in [0.4, 0.5) is 0 Å². The lowest BCUT2D eigenvalue weighted by Crippen LogP contribution is -2.43. The predicted octanol–water partition coefficient (Wildman–Crippen LogP) is 1.54. The van der Waals surface area contributed by atoms with Crippen molar-refractivity contribution in [3.8, 4) is 0 Å². The first-order valence-corrected chi connectivity index (χ1v) is 7.04. The lowest BCUT2D eigenvalue weighted by molar-refractivity contribution is -0.122. The zero-order chi connectivity index (χ0) is 14.3. The summed E-state index contributed by atoms with van der Waals surface area (Å²) in [5, 5.41) is 6.16. The molecule has 0 aliphatic carbocycles. The Morgan fingerprint density at radius 2 is 2.16 bits per heavy atom. The van der Waals surface area contributed by atoms with Crippen molar-refractivity contribution in [1.29, 1.82) is 0 Å². The monoisotopic (exact) mass is 266 g/mol. The second-order valence-electron chi connectivity index (χ2n) is 5.32. The summed E-state index contributed by atoms with van der Waals surface area (Å²) in [7, 11) is 0. The molecule has 0 aliphatic rings. The molecule has 1 unspecified atom stereocenters. The molecule has 0 saturated carbocycles. The van der Waals surface area contributed by atoms with Gasteiger partial charge < -0.3 is 15.2 Å². The number of hydrogen-bond acceptors (Lipinski definition) is 3. The molecule has 2 N–H and O–H groups in total. The summed E-state index contributed by atoms with van der Waals surface area (Å²) in [5.41, 5.74) is 1.12. The highest BCUT2D eigenvalue weighted by Gasteiger charge is 2.12. The van der Waals surface area contributed by atoms with Gasteiger partial charge >= 0.3 is 0 Å². The Hall–Kier alpha value is -1.36. The number of carbonyl (C=O) groups is 1. The van der Waals surface area contributed by atoms with E-state index in [-0.39, 0.29) is 11.9 Å². The molecule has 5 nitrogen and oxygen atoms in total. The van der Waals surface area contributed by atoms with Crippen molar-refractivity contribution in [3.05, 3.63) is 18.2 Å². The standard InChI is InChI=1S/C14H26N4O/c1-5-6-18-10-15-8-13(18)9-16-12(4)14(19)17-7-11(2)3/h8,10-12,16H,5-7,9H2,1-4H3,(H,17,19). The average molecular weight is 266 g/mol. The van der Waals surface area contributed by atoms with Crippen molar-refractivity contribution in [2.75, 3.05) is 6.54 Å². The highest BCUT2D eigenvalue weighted by molar-refractivity contribution is 5.81. The molecule has 0 aromatic carbocycles. The molecule has 1 rings (SSSR count). The third-order valence-corrected chi connectivity index (χ3v) is 2.93. The first-order valence-electron chi connectivity index (χ1n) is 7.04. The van der Waals surface area contributed by atoms with Crippen molar-refractivity contribution < 1.29 is 4.79 Å². The van der Waals surface area contributed by atoms with E-state index >= 15 is 0 Å². The molecule has 0 aliphatic heterocycles. The van der Waals surface area contributed by atoms with Crippen LogP contribution in [0.1, 0.15) is 39.8 Å². The van der Waals surface area contributed by atoms with E-state index in [1.807, 2.05) is 19.4 Å². The summed E-state index contributed by atoms with van der Waals surface area (Å²) in [6.07, 6.45) is 4.76. The van der Waals surface area contributed by atoms with Gasteiger partial charge in [0.25, 0.3) is 0 Å². The molecule has 0 radical (unpaired) electrons. The van der Waals surface area contributed by atoms with Gasteiger partial charge in [-0.05, 0) is 19.3 Å². The number of nitrogens with one attached hydrogen (secondary N) is 2. The van der Waals surface area contributed by atoms with E-state index in [0.29, 0.717) is 12.5 Å². The fourth-order valence-electron chi connectivity index (χ4n) is 1.75. The van der Waals surface area contributed by atoms with E-state index in [1.54, 1.807) is 0 Å². The number of carbonyl (C=O) groups excluding carboxylic acids is 1. The van der Waals surface area contributed by atoms with Crippen LogP contribution >= 0.6 is 0 Å². The van der Waals surface area contributed by atoms with Gasteiger partial charge in [-0.25, -0.2) is 4.98 Å². The number of aryl methyl sites for hydroxylation is 1. The first kappa shape index (κ1) is 15.7. The molecule has 0 spiro atoms. The minimum Gasteiger partial charge on any atom is -0.354 e. The van der Waals surface area contributed by atoms with Gasteiger partial charge in [0.05, 0.1) is 18.1 Å². The first-order chi connectivity index (χ1) is 9.04. The molecule has 1 amide bonds. The van der Waals surface area contributed by atoms with Gasteiger partial charge in [0, 0.05) is 25.8 Å². The summed E-state index contributed by atoms with van der Waals surface area (Å²) < 4.78 is 2.12. The van der Waals surface area contributed by atoms with Gasteiger partial charge in [-0.2, -0.15) is 0 Å². The van der Waals surface area contributed by atoms with Crippen LogP contribution in [-0.4, -0.2) is 28.0 Å². The van der Waals surface area contributed by atoms with Crippen LogP contribution in [-0.2, 0) is 17.9 Å². The molecule has 1 aromatic rings. The van der Waals surface area contributed by atoms with Gasteiger partial charge in [-0.3, -0.25) is 4.79 Å². The van der Waals surface area contributed by atoms with Crippen LogP contribution in [0.2, 0.25) is 0 Å². The maximum Gasteiger partial charge on any atom is 0.236 e. The Morgan fingerprint density at radius 1 is 1.42 bits per heavy atom. The largest absolute Gasteiger partial charge is 0.354 e. The third-order valence-electron chi connectivity index (χ3n) is 2.93. The van der Waals surface area contributed by atoms with E-state index in [0.717, 1.165) is 25.2 Å². The van der Waals surface area contributed by atoms with Crippen LogP contribution in [0.5, 0.6) is 0 Å². The third kappa shape index (κ3) is 5.42. The van der Waals surface area contributed by atoms with Crippen molar-refractivity contribution in [2.24, 2.45) is 5.92 Å². The van der Waals surface area contributed by atoms with Crippen LogP contribution in [0.15, 0.2) is 12.5 Å². The number of aromatic nitrogens is 2. The molecule has 1 aromatic heterocycles. The van der Waals surface area contributed by atoms with Gasteiger partial charge in [-0.1, -0.05) is 20.8 Å². The number of nitrogens with zero attached hydrogens (tertiary/aromatic N) is 2. The summed E-state index contributed by atoms with van der Waals surface area (Å²) in [6.45, 7) is 10.5. The van der Waals surface area contributed by atoms with E-state index in [1.165, 1.54) is 0 Å². The summed E-state index contributed by atoms with van der Waals surface area (Å²) >= 11 is 0. The van der Waals surface area contributed by atoms with Crippen LogP contribution in [0, 0.1) is 5.92 Å². The molecule has 108 valence electrons. The Kier molecular flexibility index (Phi) is 6.56. The molecular weight excluding hydrogens is 240 g/mol. The van der Waals surface area contributed by atoms with Crippen molar-refractivity contribution in [2.45, 2.75) is 53.2 Å². The molecule has 5 heteroatoms. The van der Waals surface area contributed by atoms with Crippen LogP contribution in [0.3, 0.4) is 0 Å². The van der Waals surface area contributed by atoms with E-state index < -0.39 is 0 Å².